The van der Waals surface area contributed by atoms with E-state index in [4.69, 9.17) is 0 Å². The van der Waals surface area contributed by atoms with Crippen molar-refractivity contribution in [3.05, 3.63) is 26.9 Å². The summed E-state index contributed by atoms with van der Waals surface area (Å²) >= 11 is 4.95. The Bertz CT molecular complexity index is 444. The molecule has 1 amide bonds. The molecule has 0 saturated heterocycles. The third kappa shape index (κ3) is 3.93. The van der Waals surface area contributed by atoms with E-state index < -0.39 is 6.10 Å². The second kappa shape index (κ2) is 6.50. The van der Waals surface area contributed by atoms with Gasteiger partial charge in [-0.1, -0.05) is 12.8 Å². The van der Waals surface area contributed by atoms with Gasteiger partial charge in [0.25, 0.3) is 0 Å². The van der Waals surface area contributed by atoms with Crippen LogP contribution in [0.5, 0.6) is 0 Å². The lowest BCUT2D eigenvalue weighted by Crippen LogP contribution is -2.44. The number of carbonyl (C=O) groups is 1. The molecule has 18 heavy (non-hydrogen) atoms. The second-order valence-electron chi connectivity index (χ2n) is 4.44. The highest BCUT2D eigenvalue weighted by molar-refractivity contribution is 9.11. The van der Waals surface area contributed by atoms with Gasteiger partial charge < -0.3 is 10.4 Å². The maximum absolute atomic E-state index is 11.7. The minimum absolute atomic E-state index is 0.0917. The zero-order valence-corrected chi connectivity index (χ0v) is 12.3. The van der Waals surface area contributed by atoms with Crippen molar-refractivity contribution in [1.29, 1.82) is 0 Å². The summed E-state index contributed by atoms with van der Waals surface area (Å²) in [6.45, 7) is 0. The number of thiophene rings is 1. The van der Waals surface area contributed by atoms with Gasteiger partial charge in [-0.3, -0.25) is 4.79 Å². The van der Waals surface area contributed by atoms with E-state index in [2.05, 4.69) is 21.2 Å². The molecule has 0 bridgehead atoms. The first-order valence-corrected chi connectivity index (χ1v) is 7.68. The third-order valence-electron chi connectivity index (χ3n) is 3.05. The highest BCUT2D eigenvalue weighted by Gasteiger charge is 2.23. The van der Waals surface area contributed by atoms with Crippen LogP contribution in [0.4, 0.5) is 0 Å². The Morgan fingerprint density at radius 3 is 2.89 bits per heavy atom. The molecule has 1 aliphatic carbocycles. The summed E-state index contributed by atoms with van der Waals surface area (Å²) in [5, 5.41) is 12.6. The number of aliphatic hydroxyl groups excluding tert-OH is 1. The lowest BCUT2D eigenvalue weighted by molar-refractivity contribution is -0.118. The third-order valence-corrected chi connectivity index (χ3v) is 4.64. The smallest absolute Gasteiger partial charge is 0.244 e. The first-order valence-electron chi connectivity index (χ1n) is 6.07. The van der Waals surface area contributed by atoms with Crippen molar-refractivity contribution in [3.8, 4) is 0 Å². The lowest BCUT2D eigenvalue weighted by atomic mass is 9.92. The number of amides is 1. The minimum Gasteiger partial charge on any atom is -0.391 e. The Kier molecular flexibility index (Phi) is 4.97. The summed E-state index contributed by atoms with van der Waals surface area (Å²) in [5.74, 6) is -0.134. The Morgan fingerprint density at radius 2 is 2.22 bits per heavy atom. The molecule has 1 fully saturated rings. The number of rotatable bonds is 3. The topological polar surface area (TPSA) is 49.3 Å². The van der Waals surface area contributed by atoms with Gasteiger partial charge >= 0.3 is 0 Å². The Hall–Kier alpha value is -0.650. The van der Waals surface area contributed by atoms with E-state index in [1.54, 1.807) is 17.4 Å². The van der Waals surface area contributed by atoms with Crippen LogP contribution in [0.2, 0.25) is 0 Å². The van der Waals surface area contributed by atoms with E-state index in [-0.39, 0.29) is 11.9 Å². The summed E-state index contributed by atoms with van der Waals surface area (Å²) in [6, 6.07) is 3.81. The summed E-state index contributed by atoms with van der Waals surface area (Å²) in [7, 11) is 0. The minimum atomic E-state index is -0.396. The molecule has 1 aromatic rings. The number of aliphatic hydroxyl groups is 1. The largest absolute Gasteiger partial charge is 0.391 e. The first kappa shape index (κ1) is 13.8. The van der Waals surface area contributed by atoms with Gasteiger partial charge in [0, 0.05) is 11.0 Å². The molecule has 1 saturated carbocycles. The Balaban J connectivity index is 1.86. The molecule has 98 valence electrons. The quantitative estimate of drug-likeness (QED) is 0.837. The van der Waals surface area contributed by atoms with Crippen molar-refractivity contribution in [2.24, 2.45) is 0 Å². The molecule has 2 unspecified atom stereocenters. The van der Waals surface area contributed by atoms with Crippen LogP contribution in [-0.4, -0.2) is 23.2 Å². The summed E-state index contributed by atoms with van der Waals surface area (Å²) in [5.41, 5.74) is 0. The van der Waals surface area contributed by atoms with Crippen LogP contribution in [-0.2, 0) is 4.79 Å². The number of hydrogen-bond donors (Lipinski definition) is 2. The molecule has 0 aromatic carbocycles. The number of halogens is 1. The first-order chi connectivity index (χ1) is 8.65. The van der Waals surface area contributed by atoms with E-state index in [0.29, 0.717) is 0 Å². The van der Waals surface area contributed by atoms with E-state index in [9.17, 15) is 9.90 Å². The van der Waals surface area contributed by atoms with Crippen LogP contribution < -0.4 is 5.32 Å². The molecule has 1 heterocycles. The van der Waals surface area contributed by atoms with Gasteiger partial charge in [0.2, 0.25) is 5.91 Å². The van der Waals surface area contributed by atoms with Crippen LogP contribution in [0.25, 0.3) is 6.08 Å². The highest BCUT2D eigenvalue weighted by Crippen LogP contribution is 2.23. The molecular formula is C13H16BrNO2S. The summed E-state index contributed by atoms with van der Waals surface area (Å²) in [6.07, 6.45) is 6.69. The summed E-state index contributed by atoms with van der Waals surface area (Å²) < 4.78 is 1.05. The highest BCUT2D eigenvalue weighted by atomic mass is 79.9. The average Bonchev–Trinajstić information content (AvgIpc) is 2.76. The zero-order chi connectivity index (χ0) is 13.0. The maximum Gasteiger partial charge on any atom is 0.244 e. The predicted octanol–water partition coefficient (Wildman–Crippen LogP) is 2.94. The standard InChI is InChI=1S/C13H16BrNO2S/c14-12-7-5-9(18-12)6-8-13(17)15-10-3-1-2-4-11(10)16/h5-8,10-11,16H,1-4H2,(H,15,17). The SMILES string of the molecule is O=C(C=Cc1ccc(Br)s1)NC1CCCCC1O. The van der Waals surface area contributed by atoms with E-state index in [0.717, 1.165) is 34.3 Å². The van der Waals surface area contributed by atoms with Crippen molar-refractivity contribution < 1.29 is 9.90 Å². The maximum atomic E-state index is 11.7. The fraction of sp³-hybridized carbons (Fsp3) is 0.462. The van der Waals surface area contributed by atoms with Gasteiger partial charge in [0.15, 0.2) is 0 Å². The number of nitrogens with one attached hydrogen (secondary N) is 1. The van der Waals surface area contributed by atoms with Gasteiger partial charge in [-0.25, -0.2) is 0 Å². The van der Waals surface area contributed by atoms with Crippen molar-refractivity contribution >= 4 is 39.2 Å². The van der Waals surface area contributed by atoms with Gasteiger partial charge in [0.05, 0.1) is 15.9 Å². The average molecular weight is 330 g/mol. The monoisotopic (exact) mass is 329 g/mol. The molecule has 2 N–H and O–H groups in total. The van der Waals surface area contributed by atoms with Gasteiger partial charge in [0.1, 0.15) is 0 Å². The molecule has 0 spiro atoms. The molecule has 1 aliphatic rings. The van der Waals surface area contributed by atoms with E-state index in [1.807, 2.05) is 12.1 Å². The zero-order valence-electron chi connectivity index (χ0n) is 9.93. The van der Waals surface area contributed by atoms with Crippen LogP contribution in [0.3, 0.4) is 0 Å². The van der Waals surface area contributed by atoms with Crippen molar-refractivity contribution in [2.75, 3.05) is 0 Å². The van der Waals surface area contributed by atoms with Crippen LogP contribution >= 0.6 is 27.3 Å². The number of carbonyl (C=O) groups excluding carboxylic acids is 1. The van der Waals surface area contributed by atoms with Gasteiger partial charge in [-0.2, -0.15) is 0 Å². The Labute approximate surface area is 119 Å². The molecular weight excluding hydrogens is 314 g/mol. The van der Waals surface area contributed by atoms with Crippen molar-refractivity contribution in [1.82, 2.24) is 5.32 Å². The summed E-state index contributed by atoms with van der Waals surface area (Å²) in [4.78, 5) is 12.7. The van der Waals surface area contributed by atoms with Crippen LogP contribution in [0.15, 0.2) is 22.0 Å². The fourth-order valence-electron chi connectivity index (χ4n) is 2.09. The molecule has 1 aromatic heterocycles. The van der Waals surface area contributed by atoms with Crippen molar-refractivity contribution in [3.63, 3.8) is 0 Å². The van der Waals surface area contributed by atoms with E-state index in [1.165, 1.54) is 6.08 Å². The molecule has 0 radical (unpaired) electrons. The molecule has 3 nitrogen and oxygen atoms in total. The number of hydrogen-bond acceptors (Lipinski definition) is 3. The lowest BCUT2D eigenvalue weighted by Gasteiger charge is -2.27. The normalized spacial score (nSPS) is 24.3. The molecule has 5 heteroatoms. The van der Waals surface area contributed by atoms with Gasteiger partial charge in [-0.05, 0) is 47.0 Å². The van der Waals surface area contributed by atoms with Crippen LogP contribution in [0, 0.1) is 0 Å². The fourth-order valence-corrected chi connectivity index (χ4v) is 3.41. The molecule has 2 rings (SSSR count). The second-order valence-corrected chi connectivity index (χ2v) is 6.94. The Morgan fingerprint density at radius 1 is 1.44 bits per heavy atom. The predicted molar refractivity (Wildman–Crippen MR) is 77.5 cm³/mol. The van der Waals surface area contributed by atoms with Gasteiger partial charge in [-0.15, -0.1) is 11.3 Å². The molecule has 0 aliphatic heterocycles. The van der Waals surface area contributed by atoms with E-state index >= 15 is 0 Å². The van der Waals surface area contributed by atoms with Crippen LogP contribution in [0.1, 0.15) is 30.6 Å². The molecule has 2 atom stereocenters. The van der Waals surface area contributed by atoms with Crippen molar-refractivity contribution in [2.45, 2.75) is 37.8 Å².